The smallest absolute Gasteiger partial charge is 1.00 e. The van der Waals surface area contributed by atoms with Gasteiger partial charge < -0.3 is 36.0 Å². The summed E-state index contributed by atoms with van der Waals surface area (Å²) >= 11 is 0. The zero-order valence-corrected chi connectivity index (χ0v) is 13.7. The third kappa shape index (κ3) is 137. The van der Waals surface area contributed by atoms with E-state index in [1.165, 1.54) is 0 Å². The van der Waals surface area contributed by atoms with E-state index in [0.29, 0.717) is 0 Å². The van der Waals surface area contributed by atoms with Gasteiger partial charge in [-0.2, -0.15) is 8.42 Å². The van der Waals surface area contributed by atoms with Gasteiger partial charge in [0.05, 0.1) is 0 Å². The summed E-state index contributed by atoms with van der Waals surface area (Å²) in [6.45, 7) is 0. The van der Waals surface area contributed by atoms with Crippen molar-refractivity contribution in [3.05, 3.63) is 0 Å². The Labute approximate surface area is 159 Å². The molecule has 11 heteroatoms. The first kappa shape index (κ1) is 46.5. The Kier molecular flexibility index (Phi) is 99.4. The minimum atomic E-state index is -4.67. The van der Waals surface area contributed by atoms with Crippen molar-refractivity contribution in [3.8, 4) is 0 Å². The molecule has 0 amide bonds. The summed E-state index contributed by atoms with van der Waals surface area (Å²) in [5.41, 5.74) is 0. The van der Waals surface area contributed by atoms with Crippen LogP contribution in [0.15, 0.2) is 0 Å². The summed E-state index contributed by atoms with van der Waals surface area (Å²) in [5, 5.41) is 0. The molecule has 0 aromatic carbocycles. The summed E-state index contributed by atoms with van der Waals surface area (Å²) in [6, 6.07) is 0. The van der Waals surface area contributed by atoms with Crippen LogP contribution in [-0.4, -0.2) is 122 Å². The Morgan fingerprint density at radius 1 is 1.00 bits per heavy atom. The molecule has 64 valence electrons. The molecule has 0 atom stereocenters. The third-order valence-corrected chi connectivity index (χ3v) is 0. The molecule has 11 heavy (non-hydrogen) atoms. The normalized spacial score (nSPS) is 5.27. The maximum Gasteiger partial charge on any atom is 2.00 e. The van der Waals surface area contributed by atoms with Gasteiger partial charge in [-0.25, -0.2) is 0 Å². The molecule has 0 aliphatic rings. The van der Waals surface area contributed by atoms with Crippen LogP contribution in [0.2, 0.25) is 0 Å². The van der Waals surface area contributed by atoms with Gasteiger partial charge in [-0.1, -0.05) is 0 Å². The topological polar surface area (TPSA) is 106 Å². The monoisotopic (exact) mass is 294 g/mol. The SMILES string of the molecule is O.O=S(=O)(O)O.[Ca+2].[Ca+2].[Cl-].[Cl-].[H-].[H-].[H-].[H-].[Mg+2]. The van der Waals surface area contributed by atoms with Crippen LogP contribution in [0.5, 0.6) is 0 Å². The van der Waals surface area contributed by atoms with Crippen molar-refractivity contribution in [1.29, 1.82) is 0 Å². The van der Waals surface area contributed by atoms with Gasteiger partial charge in [0.15, 0.2) is 0 Å². The number of hydrogen-bond acceptors (Lipinski definition) is 2. The number of rotatable bonds is 0. The van der Waals surface area contributed by atoms with Gasteiger partial charge in [0.25, 0.3) is 0 Å². The Morgan fingerprint density at radius 3 is 1.00 bits per heavy atom. The number of hydrogen-bond donors (Lipinski definition) is 2. The molecule has 0 aromatic heterocycles. The molecule has 0 saturated carbocycles. The average Bonchev–Trinajstić information content (AvgIpc) is 0.722. The molecular weight excluding hydrogens is 287 g/mol. The summed E-state index contributed by atoms with van der Waals surface area (Å²) in [6.07, 6.45) is 0. The van der Waals surface area contributed by atoms with Gasteiger partial charge in [-0.3, -0.25) is 9.11 Å². The van der Waals surface area contributed by atoms with E-state index < -0.39 is 10.4 Å². The van der Waals surface area contributed by atoms with Crippen LogP contribution < -0.4 is 24.8 Å². The van der Waals surface area contributed by atoms with Gasteiger partial charge in [-0.15, -0.1) is 0 Å². The zero-order chi connectivity index (χ0) is 4.50. The average molecular weight is 295 g/mol. The van der Waals surface area contributed by atoms with Gasteiger partial charge in [-0.05, 0) is 0 Å². The molecule has 0 unspecified atom stereocenters. The van der Waals surface area contributed by atoms with E-state index in [2.05, 4.69) is 0 Å². The molecule has 0 radical (unpaired) electrons. The van der Waals surface area contributed by atoms with Crippen LogP contribution in [0.25, 0.3) is 0 Å². The van der Waals surface area contributed by atoms with Crippen molar-refractivity contribution in [1.82, 2.24) is 0 Å². The first-order valence-electron chi connectivity index (χ1n) is 0.698. The molecule has 0 aromatic rings. The second kappa shape index (κ2) is 23.5. The van der Waals surface area contributed by atoms with Crippen molar-refractivity contribution in [2.75, 3.05) is 0 Å². The quantitative estimate of drug-likeness (QED) is 0.342. The fraction of sp³-hybridized carbons (Fsp3) is 0. The molecule has 0 saturated heterocycles. The molecule has 0 fully saturated rings. The molecule has 0 heterocycles. The van der Waals surface area contributed by atoms with Crippen molar-refractivity contribution >= 4 is 109 Å². The Morgan fingerprint density at radius 2 is 1.00 bits per heavy atom. The maximum absolute atomic E-state index is 8.74. The predicted molar refractivity (Wildman–Crippen MR) is 39.5 cm³/mol. The molecule has 0 bridgehead atoms. The van der Waals surface area contributed by atoms with Crippen LogP contribution in [-0.2, 0) is 10.4 Å². The fourth-order valence-corrected chi connectivity index (χ4v) is 0. The standard InChI is InChI=1S/2Ca.2ClH.Mg.H2O4S.H2O.4H/c;;;;;1-5(2,3)4;;;;;/h;;2*1H;;(H2,1,2,3,4);1H2;;;;/q2*+2;;;+2;;;4*-1/p-2. The molecular formula is H8Ca2Cl2MgO5S. The van der Waals surface area contributed by atoms with Crippen molar-refractivity contribution in [2.24, 2.45) is 0 Å². The van der Waals surface area contributed by atoms with Crippen LogP contribution in [0.3, 0.4) is 0 Å². The largest absolute Gasteiger partial charge is 2.00 e. The van der Waals surface area contributed by atoms with Crippen LogP contribution in [0, 0.1) is 0 Å². The van der Waals surface area contributed by atoms with E-state index in [1.807, 2.05) is 0 Å². The summed E-state index contributed by atoms with van der Waals surface area (Å²) in [5.74, 6) is 0. The van der Waals surface area contributed by atoms with E-state index >= 15 is 0 Å². The summed E-state index contributed by atoms with van der Waals surface area (Å²) in [4.78, 5) is 0. The maximum atomic E-state index is 8.74. The van der Waals surface area contributed by atoms with Crippen molar-refractivity contribution in [2.45, 2.75) is 0 Å². The van der Waals surface area contributed by atoms with E-state index in [1.54, 1.807) is 0 Å². The van der Waals surface area contributed by atoms with Crippen LogP contribution in [0.4, 0.5) is 0 Å². The van der Waals surface area contributed by atoms with E-state index in [-0.39, 0.29) is 135 Å². The first-order valence-corrected chi connectivity index (χ1v) is 2.10. The molecule has 4 N–H and O–H groups in total. The molecule has 0 aliphatic heterocycles. The number of halogens is 2. The fourth-order valence-electron chi connectivity index (χ4n) is 0. The van der Waals surface area contributed by atoms with E-state index in [9.17, 15) is 0 Å². The van der Waals surface area contributed by atoms with Crippen LogP contribution in [0.1, 0.15) is 5.71 Å². The Hall–Kier alpha value is 3.70. The second-order valence-corrected chi connectivity index (χ2v) is 1.34. The molecule has 0 spiro atoms. The van der Waals surface area contributed by atoms with E-state index in [4.69, 9.17) is 17.5 Å². The molecule has 0 aliphatic carbocycles. The zero-order valence-electron chi connectivity index (χ0n) is 9.50. The first-order chi connectivity index (χ1) is 2.00. The van der Waals surface area contributed by atoms with Crippen molar-refractivity contribution in [3.63, 3.8) is 0 Å². The van der Waals surface area contributed by atoms with E-state index in [0.717, 1.165) is 0 Å². The van der Waals surface area contributed by atoms with Gasteiger partial charge in [0.2, 0.25) is 0 Å². The third-order valence-electron chi connectivity index (χ3n) is 0. The Balaban J connectivity index is -0.00000000178. The Bertz CT molecular complexity index is 118. The molecule has 0 rings (SSSR count). The predicted octanol–water partition coefficient (Wildman–Crippen LogP) is -8.16. The van der Waals surface area contributed by atoms with Crippen LogP contribution >= 0.6 is 0 Å². The molecule has 5 nitrogen and oxygen atoms in total. The van der Waals surface area contributed by atoms with Gasteiger partial charge in [0, 0.05) is 0 Å². The minimum absolute atomic E-state index is 0. The second-order valence-electron chi connectivity index (χ2n) is 0.448. The van der Waals surface area contributed by atoms with Crippen molar-refractivity contribution < 1.29 is 53.5 Å². The summed E-state index contributed by atoms with van der Waals surface area (Å²) in [7, 11) is -4.67. The van der Waals surface area contributed by atoms with Gasteiger partial charge >= 0.3 is 109 Å². The van der Waals surface area contributed by atoms with Gasteiger partial charge in [0.1, 0.15) is 0 Å². The summed E-state index contributed by atoms with van der Waals surface area (Å²) < 4.78 is 31.6. The minimum Gasteiger partial charge on any atom is -1.00 e.